The van der Waals surface area contributed by atoms with E-state index >= 15 is 0 Å². The van der Waals surface area contributed by atoms with E-state index < -0.39 is 17.8 Å². The molecule has 102 valence electrons. The molecule has 0 aliphatic rings. The number of alkyl halides is 2. The Labute approximate surface area is 119 Å². The van der Waals surface area contributed by atoms with Gasteiger partial charge in [0.2, 0.25) is 0 Å². The van der Waals surface area contributed by atoms with Crippen LogP contribution in [0.15, 0.2) is 24.3 Å². The molecule has 0 fully saturated rings. The maximum Gasteiger partial charge on any atom is 0.326 e. The monoisotopic (exact) mass is 304 g/mol. The highest BCUT2D eigenvalue weighted by Crippen LogP contribution is 2.13. The van der Waals surface area contributed by atoms with Gasteiger partial charge in [-0.1, -0.05) is 6.07 Å². The number of hydrazine groups is 1. The van der Waals surface area contributed by atoms with Crippen molar-refractivity contribution in [2.75, 3.05) is 11.8 Å². The van der Waals surface area contributed by atoms with Gasteiger partial charge in [-0.3, -0.25) is 25.2 Å². The lowest BCUT2D eigenvalue weighted by Crippen LogP contribution is -2.42. The second-order valence-electron chi connectivity index (χ2n) is 3.27. The number of rotatable bonds is 4. The van der Waals surface area contributed by atoms with Gasteiger partial charge in [-0.25, -0.2) is 0 Å². The molecule has 0 saturated heterocycles. The van der Waals surface area contributed by atoms with Crippen LogP contribution >= 0.6 is 23.2 Å². The molecule has 0 heterocycles. The van der Waals surface area contributed by atoms with Gasteiger partial charge >= 0.3 is 5.97 Å². The molecule has 6 nitrogen and oxygen atoms in total. The van der Waals surface area contributed by atoms with E-state index in [1.165, 1.54) is 24.3 Å². The summed E-state index contributed by atoms with van der Waals surface area (Å²) in [5.41, 5.74) is 4.46. The summed E-state index contributed by atoms with van der Waals surface area (Å²) in [6, 6.07) is 5.85. The van der Waals surface area contributed by atoms with Crippen LogP contribution < -0.4 is 15.6 Å². The van der Waals surface area contributed by atoms with E-state index in [2.05, 4.69) is 10.9 Å². The van der Waals surface area contributed by atoms with Crippen molar-refractivity contribution in [2.24, 2.45) is 0 Å². The molecule has 0 aromatic heterocycles. The summed E-state index contributed by atoms with van der Waals surface area (Å²) in [7, 11) is 0. The lowest BCUT2D eigenvalue weighted by Gasteiger charge is -2.07. The summed E-state index contributed by atoms with van der Waals surface area (Å²) < 4.78 is 4.84. The molecular weight excluding hydrogens is 295 g/mol. The van der Waals surface area contributed by atoms with Gasteiger partial charge in [0.05, 0.1) is 0 Å². The smallest absolute Gasteiger partial charge is 0.326 e. The zero-order valence-electron chi connectivity index (χ0n) is 9.61. The van der Waals surface area contributed by atoms with E-state index in [4.69, 9.17) is 27.9 Å². The molecule has 0 atom stereocenters. The largest absolute Gasteiger partial charge is 0.426 e. The van der Waals surface area contributed by atoms with Crippen LogP contribution in [0.25, 0.3) is 0 Å². The van der Waals surface area contributed by atoms with Crippen LogP contribution in [0.5, 0.6) is 5.75 Å². The van der Waals surface area contributed by atoms with Crippen LogP contribution in [0.3, 0.4) is 0 Å². The van der Waals surface area contributed by atoms with Crippen LogP contribution in [0, 0.1) is 0 Å². The average molecular weight is 305 g/mol. The quantitative estimate of drug-likeness (QED) is 0.373. The molecule has 1 aromatic rings. The van der Waals surface area contributed by atoms with Crippen molar-refractivity contribution < 1.29 is 19.1 Å². The zero-order valence-corrected chi connectivity index (χ0v) is 11.1. The van der Waals surface area contributed by atoms with Crippen LogP contribution in [0.2, 0.25) is 0 Å². The molecule has 1 rings (SSSR count). The Morgan fingerprint density at radius 3 is 2.47 bits per heavy atom. The lowest BCUT2D eigenvalue weighted by molar-refractivity contribution is -0.131. The maximum absolute atomic E-state index is 11.6. The molecule has 0 spiro atoms. The summed E-state index contributed by atoms with van der Waals surface area (Å²) in [5, 5.41) is 0. The van der Waals surface area contributed by atoms with E-state index in [1.807, 2.05) is 0 Å². The first-order valence-electron chi connectivity index (χ1n) is 5.08. The van der Waals surface area contributed by atoms with Crippen molar-refractivity contribution >= 4 is 41.0 Å². The van der Waals surface area contributed by atoms with E-state index in [-0.39, 0.29) is 23.1 Å². The van der Waals surface area contributed by atoms with Crippen LogP contribution in [0.4, 0.5) is 0 Å². The fourth-order valence-electron chi connectivity index (χ4n) is 1.09. The van der Waals surface area contributed by atoms with Crippen molar-refractivity contribution in [1.82, 2.24) is 10.9 Å². The molecule has 19 heavy (non-hydrogen) atoms. The van der Waals surface area contributed by atoms with E-state index in [0.717, 1.165) is 0 Å². The van der Waals surface area contributed by atoms with Crippen molar-refractivity contribution in [3.63, 3.8) is 0 Å². The van der Waals surface area contributed by atoms with Gasteiger partial charge in [-0.05, 0) is 18.2 Å². The molecule has 2 amide bonds. The fourth-order valence-corrected chi connectivity index (χ4v) is 1.21. The number of carbonyl (C=O) groups excluding carboxylic acids is 3. The minimum absolute atomic E-state index is 0.182. The first-order chi connectivity index (χ1) is 9.06. The third-order valence-corrected chi connectivity index (χ3v) is 2.33. The van der Waals surface area contributed by atoms with Crippen LogP contribution in [0.1, 0.15) is 10.4 Å². The number of hydrogen-bond acceptors (Lipinski definition) is 4. The Morgan fingerprint density at radius 1 is 1.11 bits per heavy atom. The number of carbonyl (C=O) groups is 3. The molecule has 2 N–H and O–H groups in total. The molecule has 1 aromatic carbocycles. The Bertz CT molecular complexity index is 493. The third kappa shape index (κ3) is 5.15. The Hall–Kier alpha value is -1.79. The Kier molecular flexibility index (Phi) is 6.11. The number of benzene rings is 1. The Balaban J connectivity index is 2.67. The molecule has 0 radical (unpaired) electrons. The second kappa shape index (κ2) is 7.60. The molecule has 0 saturated carbocycles. The van der Waals surface area contributed by atoms with Gasteiger partial charge < -0.3 is 4.74 Å². The molecule has 0 aliphatic heterocycles. The fraction of sp³-hybridized carbons (Fsp3) is 0.182. The number of esters is 1. The number of nitrogens with one attached hydrogen (secondary N) is 2. The number of ether oxygens (including phenoxy) is 1. The predicted octanol–water partition coefficient (Wildman–Crippen LogP) is 0.831. The van der Waals surface area contributed by atoms with Gasteiger partial charge in [-0.2, -0.15) is 0 Å². The average Bonchev–Trinajstić information content (AvgIpc) is 2.44. The summed E-state index contributed by atoms with van der Waals surface area (Å²) in [5.74, 6) is -2.12. The van der Waals surface area contributed by atoms with Gasteiger partial charge in [0.25, 0.3) is 11.8 Å². The highest BCUT2D eigenvalue weighted by Gasteiger charge is 2.09. The molecule has 0 unspecified atom stereocenters. The van der Waals surface area contributed by atoms with Gasteiger partial charge in [0, 0.05) is 5.56 Å². The van der Waals surface area contributed by atoms with Gasteiger partial charge in [-0.15, -0.1) is 23.2 Å². The molecule has 0 aliphatic carbocycles. The van der Waals surface area contributed by atoms with Crippen LogP contribution in [-0.2, 0) is 9.59 Å². The van der Waals surface area contributed by atoms with Crippen molar-refractivity contribution in [2.45, 2.75) is 0 Å². The van der Waals surface area contributed by atoms with Crippen molar-refractivity contribution in [1.29, 1.82) is 0 Å². The topological polar surface area (TPSA) is 84.5 Å². The SMILES string of the molecule is O=C(CCl)NNC(=O)c1cccc(OC(=O)CCl)c1. The number of amides is 2. The highest BCUT2D eigenvalue weighted by molar-refractivity contribution is 6.27. The van der Waals surface area contributed by atoms with Crippen molar-refractivity contribution in [3.8, 4) is 5.75 Å². The number of halogens is 2. The van der Waals surface area contributed by atoms with Crippen molar-refractivity contribution in [3.05, 3.63) is 29.8 Å². The standard InChI is InChI=1S/C11H10Cl2N2O4/c12-5-9(16)14-15-11(18)7-2-1-3-8(4-7)19-10(17)6-13/h1-4H,5-6H2,(H,14,16)(H,15,18). The van der Waals surface area contributed by atoms with E-state index in [0.29, 0.717) is 0 Å². The van der Waals surface area contributed by atoms with E-state index in [9.17, 15) is 14.4 Å². The minimum atomic E-state index is -0.630. The predicted molar refractivity (Wildman–Crippen MR) is 69.1 cm³/mol. The molecule has 0 bridgehead atoms. The third-order valence-electron chi connectivity index (χ3n) is 1.87. The molecular formula is C11H10Cl2N2O4. The zero-order chi connectivity index (χ0) is 14.3. The summed E-state index contributed by atoms with van der Waals surface area (Å²) >= 11 is 10.5. The van der Waals surface area contributed by atoms with E-state index in [1.54, 1.807) is 0 Å². The first kappa shape index (κ1) is 15.3. The van der Waals surface area contributed by atoms with Gasteiger partial charge in [0.15, 0.2) is 0 Å². The van der Waals surface area contributed by atoms with Crippen LogP contribution in [-0.4, -0.2) is 29.5 Å². The summed E-state index contributed by atoms with van der Waals surface area (Å²) in [4.78, 5) is 33.5. The second-order valence-corrected chi connectivity index (χ2v) is 3.81. The molecule has 8 heteroatoms. The number of hydrogen-bond donors (Lipinski definition) is 2. The lowest BCUT2D eigenvalue weighted by atomic mass is 10.2. The van der Waals surface area contributed by atoms with Gasteiger partial charge in [0.1, 0.15) is 17.5 Å². The maximum atomic E-state index is 11.6. The highest BCUT2D eigenvalue weighted by atomic mass is 35.5. The minimum Gasteiger partial charge on any atom is -0.426 e. The summed E-state index contributed by atoms with van der Waals surface area (Å²) in [6.07, 6.45) is 0. The Morgan fingerprint density at radius 2 is 1.84 bits per heavy atom. The normalized spacial score (nSPS) is 9.58. The first-order valence-corrected chi connectivity index (χ1v) is 6.15. The summed E-state index contributed by atoms with van der Waals surface area (Å²) in [6.45, 7) is 0.